The Bertz CT molecular complexity index is 345. The third-order valence-electron chi connectivity index (χ3n) is 2.81. The van der Waals surface area contributed by atoms with Gasteiger partial charge in [-0.05, 0) is 38.1 Å². The van der Waals surface area contributed by atoms with Gasteiger partial charge in [0.25, 0.3) is 0 Å². The average molecular weight is 268 g/mol. The normalized spacial score (nSPS) is 18.9. The molecule has 2 rings (SSSR count). The van der Waals surface area contributed by atoms with Crippen LogP contribution in [-0.2, 0) is 5.67 Å². The van der Waals surface area contributed by atoms with Crippen molar-refractivity contribution in [2.45, 2.75) is 18.5 Å². The summed E-state index contributed by atoms with van der Waals surface area (Å²) in [5, 5.41) is 3.22. The van der Waals surface area contributed by atoms with Crippen molar-refractivity contribution in [3.05, 3.63) is 34.6 Å². The molecule has 5 heteroatoms. The summed E-state index contributed by atoms with van der Waals surface area (Å²) in [7, 11) is 0. The number of halogens is 4. The van der Waals surface area contributed by atoms with E-state index >= 15 is 0 Å². The Hall–Kier alpha value is -0.380. The highest BCUT2D eigenvalue weighted by Gasteiger charge is 2.37. The zero-order chi connectivity index (χ0) is 10.9. The van der Waals surface area contributed by atoms with E-state index in [1.54, 1.807) is 0 Å². The average Bonchev–Trinajstić information content (AvgIpc) is 2.18. The zero-order valence-electron chi connectivity index (χ0n) is 8.60. The maximum absolute atomic E-state index is 14.5. The van der Waals surface area contributed by atoms with Crippen LogP contribution in [0.3, 0.4) is 0 Å². The molecular weight excluding hydrogens is 255 g/mol. The number of hydrogen-bond acceptors (Lipinski definition) is 1. The molecular formula is C11H13Cl2F2N. The summed E-state index contributed by atoms with van der Waals surface area (Å²) in [5.41, 5.74) is -1.60. The molecule has 0 bridgehead atoms. The molecule has 1 heterocycles. The van der Waals surface area contributed by atoms with Crippen LogP contribution in [-0.4, -0.2) is 13.1 Å². The van der Waals surface area contributed by atoms with Gasteiger partial charge in [0.05, 0.1) is 0 Å². The molecule has 0 amide bonds. The molecule has 1 aliphatic heterocycles. The second kappa shape index (κ2) is 5.30. The van der Waals surface area contributed by atoms with Gasteiger partial charge in [-0.1, -0.05) is 17.7 Å². The Morgan fingerprint density at radius 1 is 1.25 bits per heavy atom. The molecule has 1 fully saturated rings. The van der Waals surface area contributed by atoms with Gasteiger partial charge in [0.1, 0.15) is 11.5 Å². The number of hydrogen-bond donors (Lipinski definition) is 1. The van der Waals surface area contributed by atoms with Crippen molar-refractivity contribution in [2.24, 2.45) is 0 Å². The fourth-order valence-electron chi connectivity index (χ4n) is 2.00. The molecule has 1 aromatic rings. The van der Waals surface area contributed by atoms with E-state index in [9.17, 15) is 8.78 Å². The van der Waals surface area contributed by atoms with Crippen LogP contribution in [0, 0.1) is 5.82 Å². The number of alkyl halides is 1. The molecule has 1 aromatic carbocycles. The fourth-order valence-corrected chi connectivity index (χ4v) is 2.33. The lowest BCUT2D eigenvalue weighted by Gasteiger charge is -2.31. The Balaban J connectivity index is 0.00000128. The summed E-state index contributed by atoms with van der Waals surface area (Å²) in [6, 6.07) is 4.28. The number of benzene rings is 1. The van der Waals surface area contributed by atoms with Gasteiger partial charge in [0.15, 0.2) is 0 Å². The van der Waals surface area contributed by atoms with Gasteiger partial charge in [-0.3, -0.25) is 0 Å². The molecule has 1 N–H and O–H groups in total. The van der Waals surface area contributed by atoms with E-state index < -0.39 is 11.5 Å². The minimum absolute atomic E-state index is 0. The van der Waals surface area contributed by atoms with Crippen LogP contribution in [0.4, 0.5) is 8.78 Å². The molecule has 0 aliphatic carbocycles. The molecule has 1 saturated heterocycles. The Kier molecular flexibility index (Phi) is 4.53. The van der Waals surface area contributed by atoms with E-state index in [-0.39, 0.29) is 35.8 Å². The van der Waals surface area contributed by atoms with E-state index in [1.807, 2.05) is 0 Å². The first kappa shape index (κ1) is 13.7. The van der Waals surface area contributed by atoms with Crippen molar-refractivity contribution in [3.8, 4) is 0 Å². The molecule has 90 valence electrons. The van der Waals surface area contributed by atoms with Crippen molar-refractivity contribution < 1.29 is 8.78 Å². The van der Waals surface area contributed by atoms with Crippen LogP contribution in [0.5, 0.6) is 0 Å². The standard InChI is InChI=1S/C11H12ClF2N.ClH/c12-8-2-1-3-9(13)10(8)11(14)4-6-15-7-5-11;/h1-3,15H,4-7H2;1H. The quantitative estimate of drug-likeness (QED) is 0.822. The minimum atomic E-state index is -1.62. The van der Waals surface area contributed by atoms with Crippen LogP contribution < -0.4 is 5.32 Å². The predicted octanol–water partition coefficient (Wildman–Crippen LogP) is 3.45. The SMILES string of the molecule is Cl.Fc1cccc(Cl)c1C1(F)CCNCC1. The van der Waals surface area contributed by atoms with E-state index in [4.69, 9.17) is 11.6 Å². The van der Waals surface area contributed by atoms with Gasteiger partial charge in [0.2, 0.25) is 0 Å². The largest absolute Gasteiger partial charge is 0.316 e. The molecule has 0 radical (unpaired) electrons. The van der Waals surface area contributed by atoms with Crippen molar-refractivity contribution in [2.75, 3.05) is 13.1 Å². The van der Waals surface area contributed by atoms with Crippen LogP contribution in [0.1, 0.15) is 18.4 Å². The number of rotatable bonds is 1. The first-order chi connectivity index (χ1) is 7.13. The van der Waals surface area contributed by atoms with E-state index in [0.29, 0.717) is 13.1 Å². The number of nitrogens with one attached hydrogen (secondary N) is 1. The summed E-state index contributed by atoms with van der Waals surface area (Å²) in [6.45, 7) is 1.11. The Morgan fingerprint density at radius 2 is 1.88 bits per heavy atom. The van der Waals surface area contributed by atoms with Gasteiger partial charge in [-0.2, -0.15) is 0 Å². The van der Waals surface area contributed by atoms with Crippen molar-refractivity contribution in [3.63, 3.8) is 0 Å². The molecule has 16 heavy (non-hydrogen) atoms. The number of piperidine rings is 1. The van der Waals surface area contributed by atoms with Crippen molar-refractivity contribution in [1.29, 1.82) is 0 Å². The molecule has 1 aliphatic rings. The zero-order valence-corrected chi connectivity index (χ0v) is 10.2. The molecule has 0 saturated carbocycles. The smallest absolute Gasteiger partial charge is 0.142 e. The lowest BCUT2D eigenvalue weighted by atomic mass is 9.86. The van der Waals surface area contributed by atoms with Gasteiger partial charge < -0.3 is 5.32 Å². The second-order valence-corrected chi connectivity index (χ2v) is 4.22. The van der Waals surface area contributed by atoms with E-state index in [0.717, 1.165) is 0 Å². The molecule has 0 aromatic heterocycles. The third kappa shape index (κ3) is 2.47. The first-order valence-corrected chi connectivity index (χ1v) is 5.35. The monoisotopic (exact) mass is 267 g/mol. The second-order valence-electron chi connectivity index (χ2n) is 3.81. The maximum Gasteiger partial charge on any atom is 0.142 e. The minimum Gasteiger partial charge on any atom is -0.316 e. The summed E-state index contributed by atoms with van der Waals surface area (Å²) in [5.74, 6) is -0.549. The fraction of sp³-hybridized carbons (Fsp3) is 0.455. The third-order valence-corrected chi connectivity index (χ3v) is 3.12. The summed E-state index contributed by atoms with van der Waals surface area (Å²) in [6.07, 6.45) is 0.543. The molecule has 0 atom stereocenters. The predicted molar refractivity (Wildman–Crippen MR) is 63.5 cm³/mol. The van der Waals surface area contributed by atoms with Gasteiger partial charge in [-0.15, -0.1) is 12.4 Å². The van der Waals surface area contributed by atoms with Gasteiger partial charge in [-0.25, -0.2) is 8.78 Å². The van der Waals surface area contributed by atoms with Crippen LogP contribution >= 0.6 is 24.0 Å². The van der Waals surface area contributed by atoms with Crippen LogP contribution in [0.25, 0.3) is 0 Å². The molecule has 0 unspecified atom stereocenters. The topological polar surface area (TPSA) is 12.0 Å². The Labute approximate surface area is 105 Å². The summed E-state index contributed by atoms with van der Waals surface area (Å²) >= 11 is 5.85. The highest BCUT2D eigenvalue weighted by molar-refractivity contribution is 6.31. The summed E-state index contributed by atoms with van der Waals surface area (Å²) in [4.78, 5) is 0. The van der Waals surface area contributed by atoms with Crippen molar-refractivity contribution in [1.82, 2.24) is 5.32 Å². The highest BCUT2D eigenvalue weighted by atomic mass is 35.5. The lowest BCUT2D eigenvalue weighted by Crippen LogP contribution is -2.37. The molecule has 0 spiro atoms. The van der Waals surface area contributed by atoms with Gasteiger partial charge in [0, 0.05) is 10.6 Å². The first-order valence-electron chi connectivity index (χ1n) is 4.98. The van der Waals surface area contributed by atoms with Crippen LogP contribution in [0.15, 0.2) is 18.2 Å². The van der Waals surface area contributed by atoms with Gasteiger partial charge >= 0.3 is 0 Å². The Morgan fingerprint density at radius 3 is 2.44 bits per heavy atom. The van der Waals surface area contributed by atoms with Crippen molar-refractivity contribution >= 4 is 24.0 Å². The molecule has 1 nitrogen and oxygen atoms in total. The lowest BCUT2D eigenvalue weighted by molar-refractivity contribution is 0.110. The van der Waals surface area contributed by atoms with Crippen LogP contribution in [0.2, 0.25) is 5.02 Å². The summed E-state index contributed by atoms with van der Waals surface area (Å²) < 4.78 is 28.0. The maximum atomic E-state index is 14.5. The van der Waals surface area contributed by atoms with E-state index in [1.165, 1.54) is 18.2 Å². The highest BCUT2D eigenvalue weighted by Crippen LogP contribution is 2.40. The van der Waals surface area contributed by atoms with E-state index in [2.05, 4.69) is 5.32 Å².